The molecule has 8 nitrogen and oxygen atoms in total. The van der Waals surface area contributed by atoms with Gasteiger partial charge in [0.15, 0.2) is 12.4 Å². The molecule has 0 amide bonds. The van der Waals surface area contributed by atoms with Gasteiger partial charge in [-0.25, -0.2) is 0 Å². The first-order chi connectivity index (χ1) is 21.3. The molecule has 0 bridgehead atoms. The lowest BCUT2D eigenvalue weighted by Crippen LogP contribution is -2.58. The van der Waals surface area contributed by atoms with Crippen LogP contribution >= 0.6 is 0 Å². The van der Waals surface area contributed by atoms with Crippen molar-refractivity contribution in [2.45, 2.75) is 148 Å². The van der Waals surface area contributed by atoms with Crippen molar-refractivity contribution < 1.29 is 33.6 Å². The van der Waals surface area contributed by atoms with Gasteiger partial charge in [-0.2, -0.15) is 0 Å². The molecule has 45 heavy (non-hydrogen) atoms. The summed E-state index contributed by atoms with van der Waals surface area (Å²) in [7, 11) is 0. The molecule has 0 radical (unpaired) electrons. The predicted molar refractivity (Wildman–Crippen MR) is 168 cm³/mol. The number of morpholine rings is 1. The molecule has 12 unspecified atom stereocenters. The van der Waals surface area contributed by atoms with Crippen molar-refractivity contribution in [2.75, 3.05) is 32.9 Å². The number of nitrogens with zero attached hydrogens (tertiary/aromatic N) is 1. The normalized spacial score (nSPS) is 49.8. The lowest BCUT2D eigenvalue weighted by molar-refractivity contribution is -0.253. The minimum Gasteiger partial charge on any atom is -0.457 e. The Morgan fingerprint density at radius 1 is 0.978 bits per heavy atom. The zero-order valence-corrected chi connectivity index (χ0v) is 28.7. The first kappa shape index (κ1) is 31.5. The van der Waals surface area contributed by atoms with E-state index in [1.807, 2.05) is 0 Å². The van der Waals surface area contributed by atoms with Crippen LogP contribution in [-0.2, 0) is 28.5 Å². The van der Waals surface area contributed by atoms with Crippen LogP contribution in [-0.4, -0.2) is 91.2 Å². The molecule has 8 heteroatoms. The summed E-state index contributed by atoms with van der Waals surface area (Å²) in [6, 6.07) is 0.536. The van der Waals surface area contributed by atoms with Gasteiger partial charge in [0, 0.05) is 13.5 Å². The van der Waals surface area contributed by atoms with Crippen LogP contribution in [0, 0.1) is 45.3 Å². The highest BCUT2D eigenvalue weighted by Crippen LogP contribution is 2.87. The Morgan fingerprint density at radius 2 is 1.76 bits per heavy atom. The Kier molecular flexibility index (Phi) is 7.43. The molecular weight excluding hydrogens is 570 g/mol. The molecule has 3 heterocycles. The van der Waals surface area contributed by atoms with Crippen molar-refractivity contribution in [3.8, 4) is 0 Å². The molecule has 0 aromatic heterocycles. The zero-order chi connectivity index (χ0) is 31.6. The molecule has 12 atom stereocenters. The first-order valence-electron chi connectivity index (χ1n) is 18.4. The van der Waals surface area contributed by atoms with Gasteiger partial charge in [0.05, 0.1) is 56.3 Å². The fourth-order valence-corrected chi connectivity index (χ4v) is 13.2. The minimum absolute atomic E-state index is 0.125. The van der Waals surface area contributed by atoms with Crippen LogP contribution in [0.15, 0.2) is 0 Å². The molecule has 1 N–H and O–H groups in total. The van der Waals surface area contributed by atoms with Crippen molar-refractivity contribution in [3.63, 3.8) is 0 Å². The summed E-state index contributed by atoms with van der Waals surface area (Å²) in [5.74, 6) is 2.41. The SMILES string of the molecule is CC(=O)OC(C1CCC2C(CC3C4CCC5C(C)(C)C(OC6CN(C7COC7)CCO6)CCC56CC46CCC23C)O1)C(C)(C)O. The molecule has 5 saturated carbocycles. The van der Waals surface area contributed by atoms with Gasteiger partial charge in [-0.05, 0) is 123 Å². The Hall–Kier alpha value is -0.770. The highest BCUT2D eigenvalue weighted by molar-refractivity contribution is 5.66. The molecule has 5 aliphatic carbocycles. The molecular formula is C37H59NO7. The largest absolute Gasteiger partial charge is 0.457 e. The second-order valence-electron chi connectivity index (χ2n) is 18.1. The van der Waals surface area contributed by atoms with Crippen molar-refractivity contribution in [2.24, 2.45) is 45.3 Å². The van der Waals surface area contributed by atoms with E-state index in [1.165, 1.54) is 45.4 Å². The van der Waals surface area contributed by atoms with Crippen LogP contribution < -0.4 is 0 Å². The van der Waals surface area contributed by atoms with Crippen molar-refractivity contribution in [1.29, 1.82) is 0 Å². The van der Waals surface area contributed by atoms with Crippen LogP contribution in [0.5, 0.6) is 0 Å². The predicted octanol–water partition coefficient (Wildman–Crippen LogP) is 5.34. The molecule has 3 aliphatic heterocycles. The van der Waals surface area contributed by atoms with Gasteiger partial charge < -0.3 is 28.8 Å². The van der Waals surface area contributed by atoms with Crippen LogP contribution in [0.3, 0.4) is 0 Å². The number of rotatable bonds is 6. The zero-order valence-electron chi connectivity index (χ0n) is 28.7. The number of fused-ring (bicyclic) bond motifs is 4. The maximum atomic E-state index is 11.9. The third-order valence-electron chi connectivity index (χ3n) is 15.4. The maximum absolute atomic E-state index is 11.9. The standard InChI is InChI=1S/C37H59NO7/c1-22(39)43-32(34(4,5)40)27-9-7-25-28(44-27)17-26-24-8-10-29-33(2,3)30(45-31-18-38(15-16-42-31)23-19-41-20-23)11-12-37(29)21-36(24,37)14-13-35(25,26)6/h23-32,40H,7-21H2,1-6H3. The fraction of sp³-hybridized carbons (Fsp3) is 0.973. The Balaban J connectivity index is 0.967. The number of aliphatic hydroxyl groups is 1. The average Bonchev–Trinajstić information content (AvgIpc) is 3.52. The minimum atomic E-state index is -1.13. The number of carbonyl (C=O) groups is 1. The highest BCUT2D eigenvalue weighted by Gasteiger charge is 2.80. The third kappa shape index (κ3) is 4.69. The average molecular weight is 630 g/mol. The van der Waals surface area contributed by atoms with Crippen LogP contribution in [0.1, 0.15) is 106 Å². The second-order valence-corrected chi connectivity index (χ2v) is 18.1. The van der Waals surface area contributed by atoms with Gasteiger partial charge in [0.1, 0.15) is 0 Å². The van der Waals surface area contributed by atoms with Crippen molar-refractivity contribution in [3.05, 3.63) is 0 Å². The van der Waals surface area contributed by atoms with Gasteiger partial charge in [0.25, 0.3) is 0 Å². The molecule has 8 aliphatic rings. The lowest BCUT2D eigenvalue weighted by Gasteiger charge is -2.60. The number of esters is 1. The monoisotopic (exact) mass is 629 g/mol. The van der Waals surface area contributed by atoms with Gasteiger partial charge in [-0.3, -0.25) is 9.69 Å². The first-order valence-corrected chi connectivity index (χ1v) is 18.4. The second kappa shape index (κ2) is 10.6. The van der Waals surface area contributed by atoms with Crippen molar-refractivity contribution >= 4 is 5.97 Å². The van der Waals surface area contributed by atoms with E-state index < -0.39 is 11.7 Å². The van der Waals surface area contributed by atoms with E-state index in [0.717, 1.165) is 64.5 Å². The number of hydrogen-bond donors (Lipinski definition) is 1. The van der Waals surface area contributed by atoms with Crippen molar-refractivity contribution in [1.82, 2.24) is 4.90 Å². The molecule has 3 saturated heterocycles. The van der Waals surface area contributed by atoms with E-state index in [0.29, 0.717) is 40.0 Å². The summed E-state index contributed by atoms with van der Waals surface area (Å²) in [5, 5.41) is 10.9. The van der Waals surface area contributed by atoms with Crippen LogP contribution in [0.2, 0.25) is 0 Å². The van der Waals surface area contributed by atoms with Crippen LogP contribution in [0.4, 0.5) is 0 Å². The van der Waals surface area contributed by atoms with Gasteiger partial charge in [-0.15, -0.1) is 0 Å². The molecule has 2 spiro atoms. The van der Waals surface area contributed by atoms with E-state index in [4.69, 9.17) is 23.7 Å². The summed E-state index contributed by atoms with van der Waals surface area (Å²) >= 11 is 0. The molecule has 0 aromatic rings. The van der Waals surface area contributed by atoms with E-state index in [2.05, 4.69) is 25.7 Å². The highest BCUT2D eigenvalue weighted by atomic mass is 16.7. The fourth-order valence-electron chi connectivity index (χ4n) is 13.2. The Bertz CT molecular complexity index is 1170. The van der Waals surface area contributed by atoms with Crippen LogP contribution in [0.25, 0.3) is 0 Å². The van der Waals surface area contributed by atoms with Gasteiger partial charge in [0.2, 0.25) is 0 Å². The Morgan fingerprint density at radius 3 is 2.47 bits per heavy atom. The van der Waals surface area contributed by atoms with E-state index in [-0.39, 0.29) is 36.0 Å². The van der Waals surface area contributed by atoms with Gasteiger partial charge >= 0.3 is 5.97 Å². The molecule has 8 fully saturated rings. The van der Waals surface area contributed by atoms with E-state index >= 15 is 0 Å². The summed E-state index contributed by atoms with van der Waals surface area (Å²) in [4.78, 5) is 14.5. The third-order valence-corrected chi connectivity index (χ3v) is 15.4. The maximum Gasteiger partial charge on any atom is 0.303 e. The quantitative estimate of drug-likeness (QED) is 0.395. The number of ether oxygens (including phenoxy) is 5. The van der Waals surface area contributed by atoms with E-state index in [1.54, 1.807) is 13.8 Å². The molecule has 254 valence electrons. The van der Waals surface area contributed by atoms with E-state index in [9.17, 15) is 9.90 Å². The topological polar surface area (TPSA) is 86.7 Å². The number of hydrogen-bond acceptors (Lipinski definition) is 8. The summed E-state index contributed by atoms with van der Waals surface area (Å²) in [6.45, 7) is 16.8. The smallest absolute Gasteiger partial charge is 0.303 e. The summed E-state index contributed by atoms with van der Waals surface area (Å²) < 4.78 is 31.1. The van der Waals surface area contributed by atoms with Gasteiger partial charge in [-0.1, -0.05) is 20.8 Å². The lowest BCUT2D eigenvalue weighted by atomic mass is 9.46. The summed E-state index contributed by atoms with van der Waals surface area (Å²) in [5.41, 5.74) is 0.290. The number of carbonyl (C=O) groups excluding carboxylic acids is 1. The Labute approximate surface area is 270 Å². The summed E-state index contributed by atoms with van der Waals surface area (Å²) in [6.07, 6.45) is 11.7. The molecule has 0 aromatic carbocycles. The molecule has 8 rings (SSSR count).